The molecular formula is C29H29FN2O3. The number of halogens is 1. The Bertz CT molecular complexity index is 1370. The van der Waals surface area contributed by atoms with Crippen LogP contribution in [0.5, 0.6) is 5.75 Å². The summed E-state index contributed by atoms with van der Waals surface area (Å²) in [6.07, 6.45) is 5.71. The van der Waals surface area contributed by atoms with Crippen molar-refractivity contribution in [3.63, 3.8) is 0 Å². The van der Waals surface area contributed by atoms with Gasteiger partial charge >= 0.3 is 5.97 Å². The van der Waals surface area contributed by atoms with Crippen LogP contribution in [-0.2, 0) is 30.9 Å². The van der Waals surface area contributed by atoms with Gasteiger partial charge in [-0.3, -0.25) is 4.79 Å². The Kier molecular flexibility index (Phi) is 6.55. The SMILES string of the molecule is NCc1cccc(-c2cc(COc3ccccc3CC(=O)O)cc3c2ccn3CCC2CC2)c1F. The molecular weight excluding hydrogens is 443 g/mol. The second kappa shape index (κ2) is 9.92. The average Bonchev–Trinajstić information content (AvgIpc) is 3.60. The van der Waals surface area contributed by atoms with Crippen molar-refractivity contribution in [1.82, 2.24) is 4.57 Å². The summed E-state index contributed by atoms with van der Waals surface area (Å²) in [7, 11) is 0. The summed E-state index contributed by atoms with van der Waals surface area (Å²) >= 11 is 0. The molecule has 5 rings (SSSR count). The Hall–Kier alpha value is -3.64. The summed E-state index contributed by atoms with van der Waals surface area (Å²) in [5, 5.41) is 10.2. The van der Waals surface area contributed by atoms with Crippen LogP contribution in [0.3, 0.4) is 0 Å². The zero-order valence-electron chi connectivity index (χ0n) is 19.5. The van der Waals surface area contributed by atoms with Crippen LogP contribution in [-0.4, -0.2) is 15.6 Å². The molecule has 5 nitrogen and oxygen atoms in total. The van der Waals surface area contributed by atoms with Gasteiger partial charge in [0.2, 0.25) is 0 Å². The molecule has 180 valence electrons. The van der Waals surface area contributed by atoms with Gasteiger partial charge < -0.3 is 20.1 Å². The molecule has 0 saturated heterocycles. The lowest BCUT2D eigenvalue weighted by molar-refractivity contribution is -0.136. The van der Waals surface area contributed by atoms with Gasteiger partial charge in [0, 0.05) is 46.9 Å². The highest BCUT2D eigenvalue weighted by Gasteiger charge is 2.21. The first-order valence-corrected chi connectivity index (χ1v) is 12.1. The molecule has 0 radical (unpaired) electrons. The quantitative estimate of drug-likeness (QED) is 0.301. The smallest absolute Gasteiger partial charge is 0.307 e. The molecule has 1 saturated carbocycles. The maximum absolute atomic E-state index is 15.3. The highest BCUT2D eigenvalue weighted by Crippen LogP contribution is 2.36. The minimum atomic E-state index is -0.909. The second-order valence-electron chi connectivity index (χ2n) is 9.27. The van der Waals surface area contributed by atoms with E-state index in [0.717, 1.165) is 40.9 Å². The fraction of sp³-hybridized carbons (Fsp3) is 0.276. The van der Waals surface area contributed by atoms with Gasteiger partial charge in [0.15, 0.2) is 0 Å². The van der Waals surface area contributed by atoms with Gasteiger partial charge in [-0.05, 0) is 47.7 Å². The first kappa shape index (κ1) is 23.1. The predicted molar refractivity (Wildman–Crippen MR) is 135 cm³/mol. The maximum Gasteiger partial charge on any atom is 0.307 e. The summed E-state index contributed by atoms with van der Waals surface area (Å²) in [6, 6.07) is 18.6. The van der Waals surface area contributed by atoms with E-state index in [4.69, 9.17) is 10.5 Å². The van der Waals surface area contributed by atoms with Crippen LogP contribution >= 0.6 is 0 Å². The third-order valence-corrected chi connectivity index (χ3v) is 6.72. The first-order valence-electron chi connectivity index (χ1n) is 12.1. The molecule has 1 aliphatic carbocycles. The van der Waals surface area contributed by atoms with Crippen molar-refractivity contribution in [2.75, 3.05) is 0 Å². The van der Waals surface area contributed by atoms with Gasteiger partial charge in [-0.2, -0.15) is 0 Å². The Balaban J connectivity index is 1.54. The number of nitrogens with two attached hydrogens (primary N) is 1. The maximum atomic E-state index is 15.3. The Morgan fingerprint density at radius 3 is 2.63 bits per heavy atom. The Morgan fingerprint density at radius 2 is 1.86 bits per heavy atom. The second-order valence-corrected chi connectivity index (χ2v) is 9.27. The van der Waals surface area contributed by atoms with Crippen molar-refractivity contribution < 1.29 is 19.0 Å². The molecule has 6 heteroatoms. The van der Waals surface area contributed by atoms with E-state index >= 15 is 4.39 Å². The van der Waals surface area contributed by atoms with Gasteiger partial charge in [-0.15, -0.1) is 0 Å². The normalized spacial score (nSPS) is 13.3. The molecule has 0 amide bonds. The first-order chi connectivity index (χ1) is 17.0. The van der Waals surface area contributed by atoms with Gasteiger partial charge in [0.05, 0.1) is 6.42 Å². The number of fused-ring (bicyclic) bond motifs is 1. The number of ether oxygens (including phenoxy) is 1. The molecule has 3 aromatic carbocycles. The van der Waals surface area contributed by atoms with E-state index in [0.29, 0.717) is 22.4 Å². The van der Waals surface area contributed by atoms with Gasteiger partial charge in [0.25, 0.3) is 0 Å². The molecule has 1 fully saturated rings. The van der Waals surface area contributed by atoms with E-state index in [9.17, 15) is 9.90 Å². The summed E-state index contributed by atoms with van der Waals surface area (Å²) in [6.45, 7) is 1.30. The fourth-order valence-corrected chi connectivity index (χ4v) is 4.64. The topological polar surface area (TPSA) is 77.5 Å². The molecule has 1 heterocycles. The number of aromatic nitrogens is 1. The van der Waals surface area contributed by atoms with Gasteiger partial charge in [0.1, 0.15) is 18.2 Å². The standard InChI is InChI=1S/C29H29FN2O3/c30-29-22(17-31)5-3-6-24(29)25-14-20(18-35-27-7-2-1-4-21(27)16-28(33)34)15-26-23(25)11-13-32(26)12-10-19-8-9-19/h1-7,11,13-15,19H,8-10,12,16-18,31H2,(H,33,34). The number of carboxylic acid groups (broad SMARTS) is 1. The summed E-state index contributed by atoms with van der Waals surface area (Å²) in [5.41, 5.74) is 10.1. The van der Waals surface area contributed by atoms with E-state index in [2.05, 4.69) is 22.9 Å². The molecule has 0 spiro atoms. The summed E-state index contributed by atoms with van der Waals surface area (Å²) < 4.78 is 23.7. The number of nitrogens with zero attached hydrogens (tertiary/aromatic N) is 1. The van der Waals surface area contributed by atoms with E-state index in [-0.39, 0.29) is 25.4 Å². The number of carboxylic acids is 1. The number of hydrogen-bond acceptors (Lipinski definition) is 3. The Morgan fingerprint density at radius 1 is 1.06 bits per heavy atom. The van der Waals surface area contributed by atoms with Crippen molar-refractivity contribution in [3.8, 4) is 16.9 Å². The van der Waals surface area contributed by atoms with Gasteiger partial charge in [-0.25, -0.2) is 4.39 Å². The Labute approximate surface area is 203 Å². The molecule has 1 aliphatic rings. The molecule has 0 bridgehead atoms. The van der Waals surface area contributed by atoms with E-state index in [1.807, 2.05) is 18.2 Å². The summed E-state index contributed by atoms with van der Waals surface area (Å²) in [4.78, 5) is 11.2. The zero-order chi connectivity index (χ0) is 24.4. The number of para-hydroxylation sites is 1. The summed E-state index contributed by atoms with van der Waals surface area (Å²) in [5.74, 6) is 0.139. The number of carbonyl (C=O) groups is 1. The average molecular weight is 473 g/mol. The largest absolute Gasteiger partial charge is 0.489 e. The monoisotopic (exact) mass is 472 g/mol. The molecule has 4 aromatic rings. The van der Waals surface area contributed by atoms with Crippen molar-refractivity contribution >= 4 is 16.9 Å². The third kappa shape index (κ3) is 5.08. The van der Waals surface area contributed by atoms with E-state index < -0.39 is 5.97 Å². The minimum Gasteiger partial charge on any atom is -0.489 e. The molecule has 0 atom stereocenters. The van der Waals surface area contributed by atoms with Crippen LogP contribution in [0.4, 0.5) is 4.39 Å². The van der Waals surface area contributed by atoms with Crippen molar-refractivity contribution in [2.24, 2.45) is 11.7 Å². The van der Waals surface area contributed by atoms with E-state index in [1.54, 1.807) is 30.3 Å². The lowest BCUT2D eigenvalue weighted by Gasteiger charge is -2.15. The zero-order valence-corrected chi connectivity index (χ0v) is 19.5. The number of aliphatic carboxylic acids is 1. The fourth-order valence-electron chi connectivity index (χ4n) is 4.64. The lowest BCUT2D eigenvalue weighted by Crippen LogP contribution is -2.05. The number of hydrogen-bond donors (Lipinski definition) is 2. The molecule has 3 N–H and O–H groups in total. The van der Waals surface area contributed by atoms with Crippen LogP contribution in [0.15, 0.2) is 66.9 Å². The lowest BCUT2D eigenvalue weighted by atomic mass is 9.97. The van der Waals surface area contributed by atoms with Crippen LogP contribution in [0.1, 0.15) is 36.0 Å². The number of benzene rings is 3. The number of rotatable bonds is 10. The van der Waals surface area contributed by atoms with Gasteiger partial charge in [-0.1, -0.05) is 49.2 Å². The highest BCUT2D eigenvalue weighted by atomic mass is 19.1. The van der Waals surface area contributed by atoms with Crippen molar-refractivity contribution in [2.45, 2.75) is 45.4 Å². The van der Waals surface area contributed by atoms with E-state index in [1.165, 1.54) is 12.8 Å². The van der Waals surface area contributed by atoms with Crippen LogP contribution < -0.4 is 10.5 Å². The van der Waals surface area contributed by atoms with Crippen molar-refractivity contribution in [3.05, 3.63) is 89.4 Å². The minimum absolute atomic E-state index is 0.110. The highest BCUT2D eigenvalue weighted by molar-refractivity contribution is 5.96. The van der Waals surface area contributed by atoms with Crippen LogP contribution in [0.25, 0.3) is 22.0 Å². The van der Waals surface area contributed by atoms with Crippen LogP contribution in [0, 0.1) is 11.7 Å². The molecule has 0 aliphatic heterocycles. The van der Waals surface area contributed by atoms with Crippen molar-refractivity contribution in [1.29, 1.82) is 0 Å². The molecule has 35 heavy (non-hydrogen) atoms. The number of aryl methyl sites for hydroxylation is 1. The molecule has 0 unspecified atom stereocenters. The predicted octanol–water partition coefficient (Wildman–Crippen LogP) is 5.91. The van der Waals surface area contributed by atoms with Crippen LogP contribution in [0.2, 0.25) is 0 Å². The third-order valence-electron chi connectivity index (χ3n) is 6.72. The molecule has 1 aromatic heterocycles.